The van der Waals surface area contributed by atoms with Crippen molar-refractivity contribution in [1.29, 1.82) is 0 Å². The highest BCUT2D eigenvalue weighted by Gasteiger charge is 2.42. The third-order valence-electron chi connectivity index (χ3n) is 6.01. The minimum atomic E-state index is -0.616. The Labute approximate surface area is 170 Å². The average molecular weight is 402 g/mol. The maximum atomic E-state index is 13.0. The lowest BCUT2D eigenvalue weighted by atomic mass is 9.78. The van der Waals surface area contributed by atoms with Gasteiger partial charge in [0, 0.05) is 32.4 Å². The van der Waals surface area contributed by atoms with Crippen LogP contribution in [0.25, 0.3) is 0 Å². The summed E-state index contributed by atoms with van der Waals surface area (Å²) in [5.74, 6) is -0.879. The van der Waals surface area contributed by atoms with Gasteiger partial charge in [-0.25, -0.2) is 9.29 Å². The normalized spacial score (nSPS) is 21.7. The number of amides is 1. The third-order valence-corrected chi connectivity index (χ3v) is 6.96. The van der Waals surface area contributed by atoms with E-state index in [9.17, 15) is 9.59 Å². The number of nitrogens with zero attached hydrogens (tertiary/aromatic N) is 3. The Morgan fingerprint density at radius 1 is 1.11 bits per heavy atom. The molecule has 1 atom stereocenters. The number of rotatable bonds is 5. The Kier molecular flexibility index (Phi) is 6.01. The van der Waals surface area contributed by atoms with Crippen LogP contribution in [0, 0.1) is 11.8 Å². The molecule has 1 aromatic heterocycles. The number of aromatic nitrogens is 1. The molecule has 0 aromatic carbocycles. The first-order valence-electron chi connectivity index (χ1n) is 10.1. The number of methoxy groups -OCH3 is 1. The zero-order valence-electron chi connectivity index (χ0n) is 16.3. The highest BCUT2D eigenvalue weighted by Crippen LogP contribution is 2.36. The van der Waals surface area contributed by atoms with Gasteiger partial charge in [0.15, 0.2) is 0 Å². The van der Waals surface area contributed by atoms with Gasteiger partial charge in [-0.1, -0.05) is 25.3 Å². The largest absolute Gasteiger partial charge is 0.468 e. The van der Waals surface area contributed by atoms with E-state index < -0.39 is 5.92 Å². The summed E-state index contributed by atoms with van der Waals surface area (Å²) < 4.78 is 7.24. The SMILES string of the molecule is COC(=O)C(C(=O)N1CC(=C2CN(Sc3ccccn3)C2)C1)C1CCCCC1. The summed E-state index contributed by atoms with van der Waals surface area (Å²) in [6.45, 7) is 3.16. The average Bonchev–Trinajstić information content (AvgIpc) is 2.66. The monoisotopic (exact) mass is 401 g/mol. The van der Waals surface area contributed by atoms with E-state index in [1.807, 2.05) is 23.1 Å². The molecule has 1 unspecified atom stereocenters. The van der Waals surface area contributed by atoms with Crippen LogP contribution in [0.4, 0.5) is 0 Å². The number of esters is 1. The van der Waals surface area contributed by atoms with Crippen molar-refractivity contribution in [2.75, 3.05) is 33.3 Å². The van der Waals surface area contributed by atoms with E-state index in [0.29, 0.717) is 13.1 Å². The molecule has 0 spiro atoms. The summed E-state index contributed by atoms with van der Waals surface area (Å²) in [4.78, 5) is 31.4. The molecular weight excluding hydrogens is 374 g/mol. The minimum absolute atomic E-state index is 0.0397. The Bertz CT molecular complexity index is 745. The van der Waals surface area contributed by atoms with E-state index >= 15 is 0 Å². The highest BCUT2D eigenvalue weighted by atomic mass is 32.2. The Hall–Kier alpha value is -1.86. The summed E-state index contributed by atoms with van der Waals surface area (Å²) >= 11 is 1.67. The van der Waals surface area contributed by atoms with Crippen molar-refractivity contribution in [3.8, 4) is 0 Å². The van der Waals surface area contributed by atoms with Crippen LogP contribution in [0.15, 0.2) is 40.6 Å². The molecular formula is C21H27N3O3S. The Morgan fingerprint density at radius 3 is 2.46 bits per heavy atom. The van der Waals surface area contributed by atoms with Crippen LogP contribution in [0.1, 0.15) is 32.1 Å². The Balaban J connectivity index is 1.30. The molecule has 1 aliphatic carbocycles. The molecule has 4 rings (SSSR count). The molecule has 0 bridgehead atoms. The number of carbonyl (C=O) groups is 2. The van der Waals surface area contributed by atoms with E-state index in [-0.39, 0.29) is 17.8 Å². The molecule has 3 aliphatic rings. The zero-order chi connectivity index (χ0) is 19.5. The molecule has 2 saturated heterocycles. The van der Waals surface area contributed by atoms with Gasteiger partial charge in [-0.15, -0.1) is 0 Å². The quantitative estimate of drug-likeness (QED) is 0.327. The fourth-order valence-corrected chi connectivity index (χ4v) is 5.23. The number of hydrogen-bond acceptors (Lipinski definition) is 6. The van der Waals surface area contributed by atoms with Crippen LogP contribution in [0.2, 0.25) is 0 Å². The molecule has 0 radical (unpaired) electrons. The summed E-state index contributed by atoms with van der Waals surface area (Å²) in [5, 5.41) is 1.00. The third kappa shape index (κ3) is 4.10. The van der Waals surface area contributed by atoms with Crippen molar-refractivity contribution in [2.45, 2.75) is 37.1 Å². The highest BCUT2D eigenvalue weighted by molar-refractivity contribution is 7.97. The van der Waals surface area contributed by atoms with Crippen molar-refractivity contribution in [3.63, 3.8) is 0 Å². The number of pyridine rings is 1. The lowest BCUT2D eigenvalue weighted by molar-refractivity contribution is -0.157. The van der Waals surface area contributed by atoms with Crippen molar-refractivity contribution in [2.24, 2.45) is 11.8 Å². The summed E-state index contributed by atoms with van der Waals surface area (Å²) in [6, 6.07) is 5.92. The van der Waals surface area contributed by atoms with E-state index in [4.69, 9.17) is 4.74 Å². The van der Waals surface area contributed by atoms with Crippen LogP contribution in [0.5, 0.6) is 0 Å². The number of hydrogen-bond donors (Lipinski definition) is 0. The first-order valence-corrected chi connectivity index (χ1v) is 10.8. The second-order valence-electron chi connectivity index (χ2n) is 7.86. The van der Waals surface area contributed by atoms with Gasteiger partial charge in [0.1, 0.15) is 10.9 Å². The van der Waals surface area contributed by atoms with Gasteiger partial charge in [0.25, 0.3) is 0 Å². The predicted molar refractivity (Wildman–Crippen MR) is 107 cm³/mol. The first-order chi connectivity index (χ1) is 13.7. The van der Waals surface area contributed by atoms with Crippen LogP contribution in [0.3, 0.4) is 0 Å². The van der Waals surface area contributed by atoms with Crippen LogP contribution in [-0.4, -0.2) is 59.4 Å². The molecule has 1 aromatic rings. The van der Waals surface area contributed by atoms with E-state index in [0.717, 1.165) is 43.8 Å². The van der Waals surface area contributed by atoms with Crippen molar-refractivity contribution < 1.29 is 14.3 Å². The maximum Gasteiger partial charge on any atom is 0.318 e. The molecule has 3 fully saturated rings. The Morgan fingerprint density at radius 2 is 1.82 bits per heavy atom. The molecule has 2 aliphatic heterocycles. The number of carbonyl (C=O) groups excluding carboxylic acids is 2. The van der Waals surface area contributed by atoms with Crippen molar-refractivity contribution >= 4 is 23.8 Å². The predicted octanol–water partition coefficient (Wildman–Crippen LogP) is 2.91. The summed E-state index contributed by atoms with van der Waals surface area (Å²) in [5.41, 5.74) is 2.76. The fourth-order valence-electron chi connectivity index (χ4n) is 4.28. The van der Waals surface area contributed by atoms with Gasteiger partial charge >= 0.3 is 5.97 Å². The van der Waals surface area contributed by atoms with E-state index in [1.165, 1.54) is 24.7 Å². The lowest BCUT2D eigenvalue weighted by Gasteiger charge is -2.43. The number of likely N-dealkylation sites (tertiary alicyclic amines) is 1. The van der Waals surface area contributed by atoms with Gasteiger partial charge < -0.3 is 9.64 Å². The second kappa shape index (κ2) is 8.66. The van der Waals surface area contributed by atoms with E-state index in [1.54, 1.807) is 18.1 Å². The van der Waals surface area contributed by atoms with Gasteiger partial charge in [0.05, 0.1) is 7.11 Å². The summed E-state index contributed by atoms with van der Waals surface area (Å²) in [6.07, 6.45) is 7.11. The molecule has 150 valence electrons. The van der Waals surface area contributed by atoms with Crippen LogP contribution >= 0.6 is 11.9 Å². The molecule has 0 N–H and O–H groups in total. The molecule has 3 heterocycles. The maximum absolute atomic E-state index is 13.0. The summed E-state index contributed by atoms with van der Waals surface area (Å²) in [7, 11) is 1.39. The standard InChI is InChI=1S/C21H27N3O3S/c1-27-21(26)19(15-7-3-2-4-8-15)20(25)23-11-16(12-23)17-13-24(14-17)28-18-9-5-6-10-22-18/h5-6,9-10,15,19H,2-4,7-8,11-14H2,1H3. The van der Waals surface area contributed by atoms with Crippen molar-refractivity contribution in [3.05, 3.63) is 35.5 Å². The molecule has 6 nitrogen and oxygen atoms in total. The van der Waals surface area contributed by atoms with Crippen LogP contribution in [-0.2, 0) is 14.3 Å². The van der Waals surface area contributed by atoms with Gasteiger partial charge in [-0.2, -0.15) is 0 Å². The van der Waals surface area contributed by atoms with Gasteiger partial charge in [-0.3, -0.25) is 9.59 Å². The molecule has 7 heteroatoms. The molecule has 28 heavy (non-hydrogen) atoms. The first kappa shape index (κ1) is 19.5. The van der Waals surface area contributed by atoms with Crippen LogP contribution < -0.4 is 0 Å². The minimum Gasteiger partial charge on any atom is -0.468 e. The topological polar surface area (TPSA) is 62.7 Å². The molecule has 1 amide bonds. The lowest BCUT2D eigenvalue weighted by Crippen LogP contribution is -2.53. The molecule has 1 saturated carbocycles. The zero-order valence-corrected chi connectivity index (χ0v) is 17.1. The van der Waals surface area contributed by atoms with Gasteiger partial charge in [-0.05, 0) is 54.0 Å². The fraction of sp³-hybridized carbons (Fsp3) is 0.571. The van der Waals surface area contributed by atoms with Crippen molar-refractivity contribution in [1.82, 2.24) is 14.2 Å². The second-order valence-corrected chi connectivity index (χ2v) is 8.97. The number of ether oxygens (including phenoxy) is 1. The smallest absolute Gasteiger partial charge is 0.318 e. The van der Waals surface area contributed by atoms with E-state index in [2.05, 4.69) is 9.29 Å². The van der Waals surface area contributed by atoms with Gasteiger partial charge in [0.2, 0.25) is 5.91 Å².